The lowest BCUT2D eigenvalue weighted by atomic mass is 10.1. The van der Waals surface area contributed by atoms with Crippen LogP contribution in [0.25, 0.3) is 0 Å². The van der Waals surface area contributed by atoms with Crippen LogP contribution in [0.4, 0.5) is 5.69 Å². The van der Waals surface area contributed by atoms with E-state index >= 15 is 0 Å². The molecular weight excluding hydrogens is 330 g/mol. The summed E-state index contributed by atoms with van der Waals surface area (Å²) in [6.45, 7) is 4.28. The number of esters is 1. The van der Waals surface area contributed by atoms with Crippen LogP contribution in [-0.2, 0) is 20.9 Å². The van der Waals surface area contributed by atoms with Crippen molar-refractivity contribution >= 4 is 17.6 Å². The first-order valence-electron chi connectivity index (χ1n) is 8.75. The molecule has 0 aliphatic carbocycles. The maximum Gasteiger partial charge on any atom is 0.306 e. The number of carbonyl (C=O) groups is 2. The van der Waals surface area contributed by atoms with Crippen LogP contribution in [0.5, 0.6) is 5.75 Å². The van der Waals surface area contributed by atoms with Gasteiger partial charge < -0.3 is 14.8 Å². The van der Waals surface area contributed by atoms with Crippen LogP contribution in [0.3, 0.4) is 0 Å². The highest BCUT2D eigenvalue weighted by Crippen LogP contribution is 2.17. The molecule has 0 spiro atoms. The van der Waals surface area contributed by atoms with Crippen molar-refractivity contribution in [1.82, 2.24) is 0 Å². The first-order chi connectivity index (χ1) is 12.5. The first kappa shape index (κ1) is 19.5. The van der Waals surface area contributed by atoms with Gasteiger partial charge in [-0.15, -0.1) is 0 Å². The normalized spacial score (nSPS) is 10.4. The van der Waals surface area contributed by atoms with E-state index in [-0.39, 0.29) is 18.5 Å². The molecule has 0 saturated carbocycles. The van der Waals surface area contributed by atoms with Crippen molar-refractivity contribution in [1.29, 1.82) is 0 Å². The fourth-order valence-corrected chi connectivity index (χ4v) is 2.20. The summed E-state index contributed by atoms with van der Waals surface area (Å²) in [5.74, 6) is 0.435. The standard InChI is InChI=1S/C21H25NO4/c1-16(2)8-13-21(24)26-15-20(23)22-18-9-11-19(12-10-18)25-14-17-6-4-3-5-7-17/h3-7,9-12,16H,8,13-15H2,1-2H3,(H,22,23). The van der Waals surface area contributed by atoms with Gasteiger partial charge in [0.05, 0.1) is 0 Å². The Hall–Kier alpha value is -2.82. The van der Waals surface area contributed by atoms with Gasteiger partial charge in [0.2, 0.25) is 0 Å². The molecule has 0 aromatic heterocycles. The van der Waals surface area contributed by atoms with Crippen LogP contribution in [0.1, 0.15) is 32.3 Å². The molecule has 5 heteroatoms. The molecule has 0 aliphatic rings. The smallest absolute Gasteiger partial charge is 0.306 e. The second-order valence-electron chi connectivity index (χ2n) is 6.44. The maximum absolute atomic E-state index is 11.8. The van der Waals surface area contributed by atoms with Gasteiger partial charge in [-0.3, -0.25) is 9.59 Å². The number of rotatable bonds is 9. The molecule has 0 saturated heterocycles. The molecule has 0 heterocycles. The van der Waals surface area contributed by atoms with Crippen molar-refractivity contribution in [3.05, 3.63) is 60.2 Å². The molecule has 2 aromatic carbocycles. The van der Waals surface area contributed by atoms with Crippen LogP contribution >= 0.6 is 0 Å². The van der Waals surface area contributed by atoms with Gasteiger partial charge in [0.25, 0.3) is 5.91 Å². The number of hydrogen-bond donors (Lipinski definition) is 1. The minimum absolute atomic E-state index is 0.275. The van der Waals surface area contributed by atoms with E-state index < -0.39 is 0 Å². The van der Waals surface area contributed by atoms with Gasteiger partial charge >= 0.3 is 5.97 Å². The molecule has 138 valence electrons. The highest BCUT2D eigenvalue weighted by Gasteiger charge is 2.09. The summed E-state index contributed by atoms with van der Waals surface area (Å²) >= 11 is 0. The van der Waals surface area contributed by atoms with Crippen molar-refractivity contribution in [2.24, 2.45) is 5.92 Å². The summed E-state index contributed by atoms with van der Waals surface area (Å²) in [5.41, 5.74) is 1.71. The summed E-state index contributed by atoms with van der Waals surface area (Å²) in [6, 6.07) is 17.0. The third kappa shape index (κ3) is 7.38. The van der Waals surface area contributed by atoms with Gasteiger partial charge in [-0.1, -0.05) is 44.2 Å². The lowest BCUT2D eigenvalue weighted by molar-refractivity contribution is -0.147. The van der Waals surface area contributed by atoms with Crippen LogP contribution in [0.15, 0.2) is 54.6 Å². The molecule has 0 aliphatic heterocycles. The van der Waals surface area contributed by atoms with E-state index in [0.717, 1.165) is 12.0 Å². The minimum atomic E-state index is -0.360. The monoisotopic (exact) mass is 355 g/mol. The van der Waals surface area contributed by atoms with Crippen LogP contribution in [0.2, 0.25) is 0 Å². The second kappa shape index (κ2) is 10.2. The molecule has 0 bridgehead atoms. The molecule has 0 unspecified atom stereocenters. The Morgan fingerprint density at radius 2 is 1.69 bits per heavy atom. The van der Waals surface area contributed by atoms with E-state index in [2.05, 4.69) is 5.32 Å². The Balaban J connectivity index is 1.72. The zero-order chi connectivity index (χ0) is 18.8. The van der Waals surface area contributed by atoms with E-state index in [1.807, 2.05) is 44.2 Å². The molecule has 2 aromatic rings. The number of carbonyl (C=O) groups excluding carboxylic acids is 2. The molecule has 1 N–H and O–H groups in total. The van der Waals surface area contributed by atoms with Gasteiger partial charge in [0, 0.05) is 12.1 Å². The Kier molecular flexibility index (Phi) is 7.68. The van der Waals surface area contributed by atoms with Crippen LogP contribution in [-0.4, -0.2) is 18.5 Å². The topological polar surface area (TPSA) is 64.6 Å². The van der Waals surface area contributed by atoms with Gasteiger partial charge in [0.1, 0.15) is 12.4 Å². The van der Waals surface area contributed by atoms with Gasteiger partial charge in [0.15, 0.2) is 6.61 Å². The van der Waals surface area contributed by atoms with E-state index in [1.165, 1.54) is 0 Å². The van der Waals surface area contributed by atoms with E-state index in [4.69, 9.17) is 9.47 Å². The van der Waals surface area contributed by atoms with E-state index in [1.54, 1.807) is 24.3 Å². The predicted molar refractivity (Wildman–Crippen MR) is 101 cm³/mol. The average molecular weight is 355 g/mol. The Morgan fingerprint density at radius 3 is 2.35 bits per heavy atom. The van der Waals surface area contributed by atoms with E-state index in [9.17, 15) is 9.59 Å². The molecule has 0 atom stereocenters. The van der Waals surface area contributed by atoms with Crippen molar-refractivity contribution in [2.45, 2.75) is 33.3 Å². The molecule has 0 fully saturated rings. The zero-order valence-electron chi connectivity index (χ0n) is 15.2. The molecule has 1 amide bonds. The quantitative estimate of drug-likeness (QED) is 0.685. The molecule has 2 rings (SSSR count). The Labute approximate surface area is 154 Å². The Bertz CT molecular complexity index is 696. The average Bonchev–Trinajstić information content (AvgIpc) is 2.65. The third-order valence-electron chi connectivity index (χ3n) is 3.68. The van der Waals surface area contributed by atoms with Gasteiger partial charge in [-0.25, -0.2) is 0 Å². The summed E-state index contributed by atoms with van der Waals surface area (Å²) in [4.78, 5) is 23.4. The van der Waals surface area contributed by atoms with Crippen molar-refractivity contribution in [3.8, 4) is 5.75 Å². The van der Waals surface area contributed by atoms with Gasteiger partial charge in [-0.2, -0.15) is 0 Å². The number of hydrogen-bond acceptors (Lipinski definition) is 4. The summed E-state index contributed by atoms with van der Waals surface area (Å²) in [5, 5.41) is 2.69. The van der Waals surface area contributed by atoms with Crippen LogP contribution < -0.4 is 10.1 Å². The van der Waals surface area contributed by atoms with Crippen molar-refractivity contribution in [2.75, 3.05) is 11.9 Å². The van der Waals surface area contributed by atoms with Crippen molar-refractivity contribution < 1.29 is 19.1 Å². The zero-order valence-corrected chi connectivity index (χ0v) is 15.2. The Morgan fingerprint density at radius 1 is 1.00 bits per heavy atom. The second-order valence-corrected chi connectivity index (χ2v) is 6.44. The number of amides is 1. The molecule has 0 radical (unpaired) electrons. The highest BCUT2D eigenvalue weighted by molar-refractivity contribution is 5.92. The summed E-state index contributed by atoms with van der Waals surface area (Å²) in [6.07, 6.45) is 1.09. The number of ether oxygens (including phenoxy) is 2. The lowest BCUT2D eigenvalue weighted by Gasteiger charge is -2.09. The van der Waals surface area contributed by atoms with Crippen LogP contribution in [0, 0.1) is 5.92 Å². The lowest BCUT2D eigenvalue weighted by Crippen LogP contribution is -2.20. The molecule has 5 nitrogen and oxygen atoms in total. The number of benzene rings is 2. The minimum Gasteiger partial charge on any atom is -0.489 e. The molecular formula is C21H25NO4. The number of anilines is 1. The summed E-state index contributed by atoms with van der Waals surface area (Å²) in [7, 11) is 0. The predicted octanol–water partition coefficient (Wildman–Crippen LogP) is 4.18. The maximum atomic E-state index is 11.8. The fourth-order valence-electron chi connectivity index (χ4n) is 2.20. The van der Waals surface area contributed by atoms with E-state index in [0.29, 0.717) is 30.4 Å². The SMILES string of the molecule is CC(C)CCC(=O)OCC(=O)Nc1ccc(OCc2ccccc2)cc1. The number of nitrogens with one attached hydrogen (secondary N) is 1. The van der Waals surface area contributed by atoms with Gasteiger partial charge in [-0.05, 0) is 42.2 Å². The summed E-state index contributed by atoms with van der Waals surface area (Å²) < 4.78 is 10.7. The largest absolute Gasteiger partial charge is 0.489 e. The fraction of sp³-hybridized carbons (Fsp3) is 0.333. The first-order valence-corrected chi connectivity index (χ1v) is 8.75. The molecule has 26 heavy (non-hydrogen) atoms. The van der Waals surface area contributed by atoms with Crippen molar-refractivity contribution in [3.63, 3.8) is 0 Å². The highest BCUT2D eigenvalue weighted by atomic mass is 16.5. The third-order valence-corrected chi connectivity index (χ3v) is 3.68.